The molecule has 2 aliphatic heterocycles. The monoisotopic (exact) mass is 241 g/mol. The lowest BCUT2D eigenvalue weighted by Crippen LogP contribution is -2.47. The molecule has 0 saturated carbocycles. The fourth-order valence-electron chi connectivity index (χ4n) is 2.69. The fraction of sp³-hybridized carbons (Fsp3) is 0.833. The number of carboxylic acid groups (broad SMARTS) is 1. The van der Waals surface area contributed by atoms with Crippen molar-refractivity contribution in [3.05, 3.63) is 0 Å². The van der Waals surface area contributed by atoms with Crippen molar-refractivity contribution < 1.29 is 19.4 Å². The summed E-state index contributed by atoms with van der Waals surface area (Å²) in [4.78, 5) is 24.8. The number of rotatable bonds is 2. The minimum Gasteiger partial charge on any atom is -0.479 e. The Hall–Kier alpha value is -1.10. The maximum absolute atomic E-state index is 12.2. The van der Waals surface area contributed by atoms with Gasteiger partial charge in [0.25, 0.3) is 5.91 Å². The molecule has 2 unspecified atom stereocenters. The third kappa shape index (κ3) is 2.29. The molecule has 96 valence electrons. The number of carboxylic acids is 1. The van der Waals surface area contributed by atoms with Gasteiger partial charge >= 0.3 is 5.97 Å². The van der Waals surface area contributed by atoms with Gasteiger partial charge in [-0.1, -0.05) is 0 Å². The molecule has 1 N–H and O–H groups in total. The Morgan fingerprint density at radius 1 is 1.29 bits per heavy atom. The van der Waals surface area contributed by atoms with E-state index in [0.717, 1.165) is 19.4 Å². The highest BCUT2D eigenvalue weighted by Crippen LogP contribution is 2.31. The zero-order valence-corrected chi connectivity index (χ0v) is 10.3. The van der Waals surface area contributed by atoms with E-state index >= 15 is 0 Å². The van der Waals surface area contributed by atoms with Crippen LogP contribution in [-0.4, -0.2) is 46.2 Å². The maximum atomic E-state index is 12.2. The Balaban J connectivity index is 2.00. The van der Waals surface area contributed by atoms with Crippen molar-refractivity contribution in [1.29, 1.82) is 0 Å². The third-order valence-corrected chi connectivity index (χ3v) is 3.74. The molecule has 2 atom stereocenters. The summed E-state index contributed by atoms with van der Waals surface area (Å²) in [5.41, 5.74) is -0.123. The van der Waals surface area contributed by atoms with Gasteiger partial charge in [-0.25, -0.2) is 4.79 Å². The minimum absolute atomic E-state index is 0.0451. The average Bonchev–Trinajstić information content (AvgIpc) is 2.82. The number of amides is 1. The molecule has 2 heterocycles. The van der Waals surface area contributed by atoms with Gasteiger partial charge in [0.2, 0.25) is 0 Å². The van der Waals surface area contributed by atoms with E-state index in [1.165, 1.54) is 0 Å². The van der Waals surface area contributed by atoms with Crippen LogP contribution in [0.2, 0.25) is 0 Å². The summed E-state index contributed by atoms with van der Waals surface area (Å²) in [6.07, 6.45) is 1.58. The lowest BCUT2D eigenvalue weighted by molar-refractivity contribution is -0.156. The van der Waals surface area contributed by atoms with Crippen LogP contribution in [0.25, 0.3) is 0 Å². The molecule has 5 nitrogen and oxygen atoms in total. The quantitative estimate of drug-likeness (QED) is 0.783. The molecule has 2 saturated heterocycles. The number of hydrogen-bond acceptors (Lipinski definition) is 3. The molecule has 0 radical (unpaired) electrons. The van der Waals surface area contributed by atoms with Crippen LogP contribution in [0.5, 0.6) is 0 Å². The van der Waals surface area contributed by atoms with Crippen LogP contribution in [0.3, 0.4) is 0 Å². The van der Waals surface area contributed by atoms with Crippen molar-refractivity contribution in [2.24, 2.45) is 0 Å². The van der Waals surface area contributed by atoms with E-state index in [-0.39, 0.29) is 11.4 Å². The van der Waals surface area contributed by atoms with E-state index < -0.39 is 18.2 Å². The van der Waals surface area contributed by atoms with Gasteiger partial charge in [-0.3, -0.25) is 4.79 Å². The molecule has 17 heavy (non-hydrogen) atoms. The Labute approximate surface area is 101 Å². The zero-order valence-electron chi connectivity index (χ0n) is 10.3. The normalized spacial score (nSPS) is 31.8. The number of carbonyl (C=O) groups excluding carboxylic acids is 1. The van der Waals surface area contributed by atoms with Gasteiger partial charge in [-0.2, -0.15) is 0 Å². The predicted octanol–water partition coefficient (Wildman–Crippen LogP) is 1.02. The minimum atomic E-state index is -0.971. The van der Waals surface area contributed by atoms with E-state index in [4.69, 9.17) is 9.84 Å². The van der Waals surface area contributed by atoms with E-state index in [9.17, 15) is 9.59 Å². The number of hydrogen-bond donors (Lipinski definition) is 1. The Bertz CT molecular complexity index is 339. The van der Waals surface area contributed by atoms with Crippen LogP contribution >= 0.6 is 0 Å². The number of carbonyl (C=O) groups is 2. The van der Waals surface area contributed by atoms with Crippen LogP contribution in [0.1, 0.15) is 39.5 Å². The van der Waals surface area contributed by atoms with Gasteiger partial charge in [0.1, 0.15) is 6.10 Å². The fourth-order valence-corrected chi connectivity index (χ4v) is 2.69. The summed E-state index contributed by atoms with van der Waals surface area (Å²) in [6.45, 7) is 4.84. The van der Waals surface area contributed by atoms with Crippen LogP contribution in [0.4, 0.5) is 0 Å². The molecule has 1 amide bonds. The van der Waals surface area contributed by atoms with Gasteiger partial charge in [-0.15, -0.1) is 0 Å². The number of nitrogens with zero attached hydrogens (tertiary/aromatic N) is 1. The lowest BCUT2D eigenvalue weighted by Gasteiger charge is -2.33. The van der Waals surface area contributed by atoms with Gasteiger partial charge in [0, 0.05) is 12.1 Å². The van der Waals surface area contributed by atoms with Crippen molar-refractivity contribution in [1.82, 2.24) is 4.90 Å². The van der Waals surface area contributed by atoms with E-state index in [0.29, 0.717) is 12.8 Å². The van der Waals surface area contributed by atoms with Crippen molar-refractivity contribution in [3.8, 4) is 0 Å². The molecular weight excluding hydrogens is 222 g/mol. The first kappa shape index (κ1) is 12.4. The summed E-state index contributed by atoms with van der Waals surface area (Å²) < 4.78 is 5.30. The van der Waals surface area contributed by atoms with E-state index in [1.807, 2.05) is 18.7 Å². The number of likely N-dealkylation sites (tertiary alicyclic amines) is 1. The van der Waals surface area contributed by atoms with Gasteiger partial charge < -0.3 is 14.7 Å². The van der Waals surface area contributed by atoms with Crippen LogP contribution in [0.15, 0.2) is 0 Å². The van der Waals surface area contributed by atoms with Crippen molar-refractivity contribution in [3.63, 3.8) is 0 Å². The first-order valence-corrected chi connectivity index (χ1v) is 6.11. The maximum Gasteiger partial charge on any atom is 0.332 e. The summed E-state index contributed by atoms with van der Waals surface area (Å²) in [5, 5.41) is 8.83. The molecule has 0 aromatic heterocycles. The Morgan fingerprint density at radius 2 is 1.94 bits per heavy atom. The second kappa shape index (κ2) is 4.29. The first-order valence-electron chi connectivity index (χ1n) is 6.11. The van der Waals surface area contributed by atoms with Crippen LogP contribution < -0.4 is 0 Å². The Morgan fingerprint density at radius 3 is 2.41 bits per heavy atom. The molecule has 0 aromatic carbocycles. The zero-order chi connectivity index (χ0) is 12.6. The molecule has 2 aliphatic rings. The SMILES string of the molecule is CC1(C)CCCN1C(=O)C1CCC(C(=O)O)O1. The second-order valence-electron chi connectivity index (χ2n) is 5.43. The summed E-state index contributed by atoms with van der Waals surface area (Å²) in [5.74, 6) is -1.02. The highest BCUT2D eigenvalue weighted by atomic mass is 16.5. The first-order chi connectivity index (χ1) is 7.92. The average molecular weight is 241 g/mol. The Kier molecular flexibility index (Phi) is 3.12. The van der Waals surface area contributed by atoms with Gasteiger partial charge in [-0.05, 0) is 39.5 Å². The number of ether oxygens (including phenoxy) is 1. The highest BCUT2D eigenvalue weighted by molar-refractivity contribution is 5.83. The van der Waals surface area contributed by atoms with Crippen molar-refractivity contribution >= 4 is 11.9 Å². The summed E-state index contributed by atoms with van der Waals surface area (Å²) >= 11 is 0. The lowest BCUT2D eigenvalue weighted by atomic mass is 10.0. The second-order valence-corrected chi connectivity index (χ2v) is 5.43. The third-order valence-electron chi connectivity index (χ3n) is 3.74. The molecule has 0 aliphatic carbocycles. The molecule has 0 spiro atoms. The van der Waals surface area contributed by atoms with Crippen LogP contribution in [0, 0.1) is 0 Å². The summed E-state index contributed by atoms with van der Waals surface area (Å²) in [7, 11) is 0. The molecule has 5 heteroatoms. The van der Waals surface area contributed by atoms with Crippen LogP contribution in [-0.2, 0) is 14.3 Å². The molecule has 0 aromatic rings. The van der Waals surface area contributed by atoms with Gasteiger partial charge in [0.05, 0.1) is 0 Å². The van der Waals surface area contributed by atoms with E-state index in [2.05, 4.69) is 0 Å². The number of aliphatic carboxylic acids is 1. The molecule has 2 rings (SSSR count). The molecular formula is C12H19NO4. The molecule has 0 bridgehead atoms. The predicted molar refractivity (Wildman–Crippen MR) is 60.6 cm³/mol. The smallest absolute Gasteiger partial charge is 0.332 e. The summed E-state index contributed by atoms with van der Waals surface area (Å²) in [6, 6.07) is 0. The standard InChI is InChI=1S/C12H19NO4/c1-12(2)6-3-7-13(12)10(14)8-4-5-9(17-8)11(15)16/h8-9H,3-7H2,1-2H3,(H,15,16). The largest absolute Gasteiger partial charge is 0.479 e. The van der Waals surface area contributed by atoms with Gasteiger partial charge in [0.15, 0.2) is 6.10 Å². The highest BCUT2D eigenvalue weighted by Gasteiger charge is 2.42. The van der Waals surface area contributed by atoms with E-state index in [1.54, 1.807) is 0 Å². The molecule has 2 fully saturated rings. The topological polar surface area (TPSA) is 66.8 Å². The van der Waals surface area contributed by atoms with Crippen molar-refractivity contribution in [2.75, 3.05) is 6.54 Å². The van der Waals surface area contributed by atoms with Crippen molar-refractivity contribution in [2.45, 2.75) is 57.3 Å².